The van der Waals surface area contributed by atoms with E-state index in [1.807, 2.05) is 0 Å². The van der Waals surface area contributed by atoms with Crippen molar-refractivity contribution in [1.29, 1.82) is 0 Å². The fourth-order valence-electron chi connectivity index (χ4n) is 1.97. The number of para-hydroxylation sites is 2. The van der Waals surface area contributed by atoms with Gasteiger partial charge in [-0.3, -0.25) is 19.7 Å². The Morgan fingerprint density at radius 3 is 2.74 bits per heavy atom. The number of nitrogens with one attached hydrogen (secondary N) is 1. The number of aliphatic carboxylic acids is 1. The van der Waals surface area contributed by atoms with Crippen molar-refractivity contribution in [3.8, 4) is 5.75 Å². The third-order valence-corrected chi connectivity index (χ3v) is 3.03. The molecule has 0 saturated carbocycles. The van der Waals surface area contributed by atoms with Crippen molar-refractivity contribution in [2.75, 3.05) is 0 Å². The van der Waals surface area contributed by atoms with Crippen LogP contribution >= 0.6 is 0 Å². The quantitative estimate of drug-likeness (QED) is 0.603. The molecule has 0 radical (unpaired) electrons. The van der Waals surface area contributed by atoms with Crippen molar-refractivity contribution in [3.05, 3.63) is 61.8 Å². The van der Waals surface area contributed by atoms with E-state index in [0.717, 1.165) is 0 Å². The number of rotatable bonds is 6. The fourth-order valence-corrected chi connectivity index (χ4v) is 1.97. The molecule has 120 valence electrons. The van der Waals surface area contributed by atoms with Gasteiger partial charge in [-0.15, -0.1) is 0 Å². The summed E-state index contributed by atoms with van der Waals surface area (Å²) in [5.74, 6) is -0.934. The number of nitro groups is 1. The van der Waals surface area contributed by atoms with Crippen molar-refractivity contribution in [3.63, 3.8) is 0 Å². The lowest BCUT2D eigenvalue weighted by Crippen LogP contribution is -2.22. The number of nitrogens with zero attached hydrogens (tertiary/aromatic N) is 2. The first-order chi connectivity index (χ1) is 10.9. The Morgan fingerprint density at radius 2 is 2.13 bits per heavy atom. The maximum Gasteiger partial charge on any atom is 0.310 e. The molecule has 0 amide bonds. The van der Waals surface area contributed by atoms with Crippen LogP contribution in [0.5, 0.6) is 5.75 Å². The van der Waals surface area contributed by atoms with Gasteiger partial charge in [-0.1, -0.05) is 12.1 Å². The van der Waals surface area contributed by atoms with Crippen molar-refractivity contribution >= 4 is 11.7 Å². The van der Waals surface area contributed by atoms with Crippen LogP contribution in [0.15, 0.2) is 29.1 Å². The molecule has 0 aliphatic heterocycles. The van der Waals surface area contributed by atoms with Gasteiger partial charge in [-0.25, -0.2) is 4.98 Å². The van der Waals surface area contributed by atoms with Crippen molar-refractivity contribution in [2.24, 2.45) is 0 Å². The van der Waals surface area contributed by atoms with E-state index in [-0.39, 0.29) is 35.1 Å². The first kappa shape index (κ1) is 16.1. The van der Waals surface area contributed by atoms with Gasteiger partial charge in [0.15, 0.2) is 5.75 Å². The van der Waals surface area contributed by atoms with E-state index in [0.29, 0.717) is 0 Å². The SMILES string of the molecule is Cc1nc(COc2ccccc2[N+](=O)[O-])[nH]c(=O)c1CC(=O)O. The molecule has 2 rings (SSSR count). The third-order valence-electron chi connectivity index (χ3n) is 3.03. The van der Waals surface area contributed by atoms with Crippen LogP contribution in [0, 0.1) is 17.0 Å². The summed E-state index contributed by atoms with van der Waals surface area (Å²) in [5.41, 5.74) is -0.431. The first-order valence-electron chi connectivity index (χ1n) is 6.55. The highest BCUT2D eigenvalue weighted by molar-refractivity contribution is 5.70. The lowest BCUT2D eigenvalue weighted by molar-refractivity contribution is -0.385. The summed E-state index contributed by atoms with van der Waals surface area (Å²) in [4.78, 5) is 39.3. The predicted molar refractivity (Wildman–Crippen MR) is 78.4 cm³/mol. The summed E-state index contributed by atoms with van der Waals surface area (Å²) in [6.07, 6.45) is -0.431. The molecule has 0 saturated heterocycles. The number of benzene rings is 1. The second kappa shape index (κ2) is 6.69. The lowest BCUT2D eigenvalue weighted by atomic mass is 10.2. The second-order valence-electron chi connectivity index (χ2n) is 4.66. The second-order valence-corrected chi connectivity index (χ2v) is 4.66. The Bertz CT molecular complexity index is 814. The summed E-state index contributed by atoms with van der Waals surface area (Å²) in [5, 5.41) is 19.6. The summed E-state index contributed by atoms with van der Waals surface area (Å²) in [6.45, 7) is 1.33. The van der Waals surface area contributed by atoms with Gasteiger partial charge in [0.05, 0.1) is 11.3 Å². The molecule has 9 nitrogen and oxygen atoms in total. The number of carboxylic acid groups (broad SMARTS) is 1. The Hall–Kier alpha value is -3.23. The minimum atomic E-state index is -1.13. The van der Waals surface area contributed by atoms with Gasteiger partial charge in [0, 0.05) is 17.3 Å². The van der Waals surface area contributed by atoms with Crippen molar-refractivity contribution in [2.45, 2.75) is 20.0 Å². The summed E-state index contributed by atoms with van der Waals surface area (Å²) < 4.78 is 5.32. The van der Waals surface area contributed by atoms with E-state index in [2.05, 4.69) is 9.97 Å². The number of aromatic nitrogens is 2. The molecule has 1 aromatic carbocycles. The zero-order valence-electron chi connectivity index (χ0n) is 12.1. The van der Waals surface area contributed by atoms with Gasteiger partial charge in [0.2, 0.25) is 0 Å². The maximum atomic E-state index is 11.9. The minimum absolute atomic E-state index is 0.0485. The number of hydrogen-bond acceptors (Lipinski definition) is 6. The van der Waals surface area contributed by atoms with Gasteiger partial charge in [0.1, 0.15) is 12.4 Å². The fraction of sp³-hybridized carbons (Fsp3) is 0.214. The van der Waals surface area contributed by atoms with Crippen LogP contribution in [-0.4, -0.2) is 26.0 Å². The average molecular weight is 319 g/mol. The highest BCUT2D eigenvalue weighted by atomic mass is 16.6. The maximum absolute atomic E-state index is 11.9. The largest absolute Gasteiger partial charge is 0.481 e. The van der Waals surface area contributed by atoms with E-state index in [9.17, 15) is 19.7 Å². The molecule has 1 aromatic heterocycles. The third kappa shape index (κ3) is 3.90. The van der Waals surface area contributed by atoms with Crippen LogP contribution < -0.4 is 10.3 Å². The Kier molecular flexibility index (Phi) is 4.69. The van der Waals surface area contributed by atoms with Crippen LogP contribution in [0.3, 0.4) is 0 Å². The molecule has 0 unspecified atom stereocenters. The van der Waals surface area contributed by atoms with E-state index in [1.165, 1.54) is 25.1 Å². The number of carboxylic acids is 1. The monoisotopic (exact) mass is 319 g/mol. The number of nitro benzene ring substituents is 1. The van der Waals surface area contributed by atoms with Gasteiger partial charge in [0.25, 0.3) is 5.56 Å². The van der Waals surface area contributed by atoms with Crippen LogP contribution in [0.25, 0.3) is 0 Å². The normalized spacial score (nSPS) is 10.3. The number of aryl methyl sites for hydroxylation is 1. The summed E-state index contributed by atoms with van der Waals surface area (Å²) in [6, 6.07) is 5.82. The average Bonchev–Trinajstić information content (AvgIpc) is 2.49. The standard InChI is InChI=1S/C14H13N3O6/c1-8-9(6-13(18)19)14(20)16-12(15-8)7-23-11-5-3-2-4-10(11)17(21)22/h2-5H,6-7H2,1H3,(H,18,19)(H,15,16,20). The Morgan fingerprint density at radius 1 is 1.43 bits per heavy atom. The Labute approximate surface area is 129 Å². The lowest BCUT2D eigenvalue weighted by Gasteiger charge is -2.08. The van der Waals surface area contributed by atoms with Gasteiger partial charge >= 0.3 is 11.7 Å². The van der Waals surface area contributed by atoms with E-state index < -0.39 is 22.9 Å². The molecule has 0 aliphatic carbocycles. The van der Waals surface area contributed by atoms with Crippen molar-refractivity contribution in [1.82, 2.24) is 9.97 Å². The highest BCUT2D eigenvalue weighted by Gasteiger charge is 2.15. The van der Waals surface area contributed by atoms with Crippen LogP contribution in [0.4, 0.5) is 5.69 Å². The number of aromatic amines is 1. The molecule has 0 fully saturated rings. The van der Waals surface area contributed by atoms with Crippen LogP contribution in [0.2, 0.25) is 0 Å². The summed E-state index contributed by atoms with van der Waals surface area (Å²) >= 11 is 0. The molecule has 2 aromatic rings. The van der Waals surface area contributed by atoms with Crippen LogP contribution in [0.1, 0.15) is 17.1 Å². The smallest absolute Gasteiger partial charge is 0.310 e. The molecular formula is C14H13N3O6. The molecule has 9 heteroatoms. The highest BCUT2D eigenvalue weighted by Crippen LogP contribution is 2.26. The zero-order valence-corrected chi connectivity index (χ0v) is 12.1. The topological polar surface area (TPSA) is 135 Å². The number of ether oxygens (including phenoxy) is 1. The Balaban J connectivity index is 2.21. The molecule has 0 spiro atoms. The number of H-pyrrole nitrogens is 1. The molecule has 1 heterocycles. The van der Waals surface area contributed by atoms with Gasteiger partial charge in [-0.2, -0.15) is 0 Å². The molecule has 0 aliphatic rings. The summed E-state index contributed by atoms with van der Waals surface area (Å²) in [7, 11) is 0. The van der Waals surface area contributed by atoms with Crippen LogP contribution in [-0.2, 0) is 17.8 Å². The van der Waals surface area contributed by atoms with Crippen molar-refractivity contribution < 1.29 is 19.6 Å². The number of hydrogen-bond donors (Lipinski definition) is 2. The minimum Gasteiger partial charge on any atom is -0.481 e. The molecule has 0 bridgehead atoms. The first-order valence-corrected chi connectivity index (χ1v) is 6.55. The zero-order chi connectivity index (χ0) is 17.0. The van der Waals surface area contributed by atoms with E-state index >= 15 is 0 Å². The van der Waals surface area contributed by atoms with E-state index in [1.54, 1.807) is 6.07 Å². The van der Waals surface area contributed by atoms with Gasteiger partial charge < -0.3 is 14.8 Å². The molecule has 0 atom stereocenters. The number of carbonyl (C=O) groups is 1. The predicted octanol–water partition coefficient (Wildman–Crippen LogP) is 1.19. The van der Waals surface area contributed by atoms with E-state index in [4.69, 9.17) is 9.84 Å². The molecule has 23 heavy (non-hydrogen) atoms. The molecule has 2 N–H and O–H groups in total. The molecular weight excluding hydrogens is 306 g/mol. The van der Waals surface area contributed by atoms with Gasteiger partial charge in [-0.05, 0) is 13.0 Å².